The van der Waals surface area contributed by atoms with Crippen LogP contribution in [0.1, 0.15) is 53.4 Å². The molecule has 1 amide bonds. The Bertz CT molecular complexity index is 800. The lowest BCUT2D eigenvalue weighted by Gasteiger charge is -2.37. The number of rotatable bonds is 3. The van der Waals surface area contributed by atoms with Crippen LogP contribution in [-0.2, 0) is 14.3 Å². The highest BCUT2D eigenvalue weighted by atomic mass is 16.6. The van der Waals surface area contributed by atoms with Crippen LogP contribution >= 0.6 is 0 Å². The molecule has 0 aromatic rings. The first kappa shape index (κ1) is 21.3. The number of esters is 1. The van der Waals surface area contributed by atoms with Gasteiger partial charge in [0.1, 0.15) is 5.60 Å². The van der Waals surface area contributed by atoms with Crippen LogP contribution in [0.3, 0.4) is 0 Å². The number of carbonyl (C=O) groups is 2. The van der Waals surface area contributed by atoms with Crippen LogP contribution in [-0.4, -0.2) is 41.3 Å². The van der Waals surface area contributed by atoms with Gasteiger partial charge in [-0.2, -0.15) is 10.5 Å². The Hall–Kier alpha value is -2.98. The number of fused-ring (bicyclic) bond motifs is 2. The van der Waals surface area contributed by atoms with Crippen molar-refractivity contribution in [2.75, 3.05) is 6.61 Å². The van der Waals surface area contributed by atoms with E-state index in [1.165, 1.54) is 6.92 Å². The summed E-state index contributed by atoms with van der Waals surface area (Å²) in [5, 5.41) is 19.4. The molecule has 2 atom stereocenters. The Labute approximate surface area is 165 Å². The molecular formula is C21H25N3O4. The SMILES string of the molecule is CC(=O)OCC#CCC(C#N)(C#N)C1=CC2CCC(C1)N2C(=O)OC(C)(C)C. The highest BCUT2D eigenvalue weighted by molar-refractivity contribution is 5.70. The zero-order valence-electron chi connectivity index (χ0n) is 16.7. The third kappa shape index (κ3) is 4.84. The van der Waals surface area contributed by atoms with Crippen LogP contribution in [0.4, 0.5) is 4.79 Å². The molecule has 0 radical (unpaired) electrons. The predicted octanol–water partition coefficient (Wildman–Crippen LogP) is 3.07. The van der Waals surface area contributed by atoms with E-state index in [4.69, 9.17) is 9.47 Å². The number of nitrogens with zero attached hydrogens (tertiary/aromatic N) is 3. The van der Waals surface area contributed by atoms with Crippen molar-refractivity contribution in [3.63, 3.8) is 0 Å². The number of hydrogen-bond acceptors (Lipinski definition) is 6. The monoisotopic (exact) mass is 383 g/mol. The maximum Gasteiger partial charge on any atom is 0.411 e. The van der Waals surface area contributed by atoms with Gasteiger partial charge in [-0.25, -0.2) is 4.79 Å². The van der Waals surface area contributed by atoms with E-state index < -0.39 is 17.0 Å². The second-order valence-electron chi connectivity index (χ2n) is 8.02. The molecule has 0 saturated carbocycles. The molecule has 2 bridgehead atoms. The summed E-state index contributed by atoms with van der Waals surface area (Å²) in [6, 6.07) is 3.95. The van der Waals surface area contributed by atoms with Crippen LogP contribution in [0.25, 0.3) is 0 Å². The Morgan fingerprint density at radius 3 is 2.43 bits per heavy atom. The van der Waals surface area contributed by atoms with Gasteiger partial charge in [-0.3, -0.25) is 9.69 Å². The van der Waals surface area contributed by atoms with Crippen molar-refractivity contribution in [3.05, 3.63) is 11.6 Å². The Balaban J connectivity index is 2.18. The summed E-state index contributed by atoms with van der Waals surface area (Å²) >= 11 is 0. The summed E-state index contributed by atoms with van der Waals surface area (Å²) in [5.74, 6) is 5.01. The van der Waals surface area contributed by atoms with Crippen molar-refractivity contribution in [2.45, 2.75) is 71.1 Å². The van der Waals surface area contributed by atoms with Crippen molar-refractivity contribution in [3.8, 4) is 24.0 Å². The minimum absolute atomic E-state index is 0.0268. The van der Waals surface area contributed by atoms with Crippen molar-refractivity contribution < 1.29 is 19.1 Å². The summed E-state index contributed by atoms with van der Waals surface area (Å²) in [6.07, 6.45) is 3.54. The van der Waals surface area contributed by atoms with Crippen molar-refractivity contribution in [1.29, 1.82) is 10.5 Å². The quantitative estimate of drug-likeness (QED) is 0.421. The Morgan fingerprint density at radius 1 is 1.21 bits per heavy atom. The average molecular weight is 383 g/mol. The number of carbonyl (C=O) groups excluding carboxylic acids is 2. The fourth-order valence-corrected chi connectivity index (χ4v) is 3.49. The van der Waals surface area contributed by atoms with E-state index in [-0.39, 0.29) is 31.2 Å². The number of ether oxygens (including phenoxy) is 2. The molecule has 28 heavy (non-hydrogen) atoms. The molecule has 0 aliphatic carbocycles. The summed E-state index contributed by atoms with van der Waals surface area (Å²) in [6.45, 7) is 6.68. The fraction of sp³-hybridized carbons (Fsp3) is 0.619. The molecule has 2 aliphatic rings. The zero-order valence-corrected chi connectivity index (χ0v) is 16.7. The topological polar surface area (TPSA) is 103 Å². The summed E-state index contributed by atoms with van der Waals surface area (Å²) in [4.78, 5) is 25.0. The van der Waals surface area contributed by atoms with E-state index in [9.17, 15) is 20.1 Å². The molecule has 148 valence electrons. The zero-order chi connectivity index (χ0) is 20.9. The van der Waals surface area contributed by atoms with Gasteiger partial charge in [-0.05, 0) is 45.6 Å². The lowest BCUT2D eigenvalue weighted by Crippen LogP contribution is -2.47. The van der Waals surface area contributed by atoms with Gasteiger partial charge < -0.3 is 9.47 Å². The minimum atomic E-state index is -1.37. The normalized spacial score (nSPS) is 20.8. The molecule has 2 aliphatic heterocycles. The highest BCUT2D eigenvalue weighted by Gasteiger charge is 2.46. The van der Waals surface area contributed by atoms with E-state index in [0.29, 0.717) is 12.0 Å². The molecule has 0 spiro atoms. The Morgan fingerprint density at radius 2 is 1.89 bits per heavy atom. The van der Waals surface area contributed by atoms with E-state index in [1.54, 1.807) is 4.90 Å². The molecule has 2 rings (SSSR count). The van der Waals surface area contributed by atoms with E-state index >= 15 is 0 Å². The van der Waals surface area contributed by atoms with Gasteiger partial charge >= 0.3 is 12.1 Å². The van der Waals surface area contributed by atoms with Gasteiger partial charge in [0.2, 0.25) is 0 Å². The molecule has 0 aromatic carbocycles. The second kappa shape index (κ2) is 8.36. The third-order valence-corrected chi connectivity index (χ3v) is 4.76. The first-order chi connectivity index (χ1) is 13.1. The predicted molar refractivity (Wildman–Crippen MR) is 100 cm³/mol. The highest BCUT2D eigenvalue weighted by Crippen LogP contribution is 2.43. The largest absolute Gasteiger partial charge is 0.453 e. The number of nitriles is 2. The van der Waals surface area contributed by atoms with E-state index in [1.807, 2.05) is 26.8 Å². The number of hydrogen-bond donors (Lipinski definition) is 0. The smallest absolute Gasteiger partial charge is 0.411 e. The van der Waals surface area contributed by atoms with Crippen LogP contribution < -0.4 is 0 Å². The van der Waals surface area contributed by atoms with Gasteiger partial charge in [0.15, 0.2) is 12.0 Å². The van der Waals surface area contributed by atoms with Crippen LogP contribution in [0.15, 0.2) is 11.6 Å². The van der Waals surface area contributed by atoms with E-state index in [2.05, 4.69) is 24.0 Å². The maximum atomic E-state index is 12.5. The van der Waals surface area contributed by atoms with Crippen molar-refractivity contribution >= 4 is 12.1 Å². The Kier molecular flexibility index (Phi) is 6.37. The molecule has 2 unspecified atom stereocenters. The van der Waals surface area contributed by atoms with Crippen LogP contribution in [0, 0.1) is 39.9 Å². The molecule has 1 saturated heterocycles. The molecule has 0 N–H and O–H groups in total. The molecule has 7 heteroatoms. The first-order valence-corrected chi connectivity index (χ1v) is 9.26. The lowest BCUT2D eigenvalue weighted by atomic mass is 9.76. The van der Waals surface area contributed by atoms with Gasteiger partial charge in [0, 0.05) is 19.4 Å². The average Bonchev–Trinajstić information content (AvgIpc) is 2.87. The summed E-state index contributed by atoms with van der Waals surface area (Å²) in [7, 11) is 0. The molecule has 0 aromatic heterocycles. The summed E-state index contributed by atoms with van der Waals surface area (Å²) in [5.41, 5.74) is -1.25. The lowest BCUT2D eigenvalue weighted by molar-refractivity contribution is -0.139. The second-order valence-corrected chi connectivity index (χ2v) is 8.02. The van der Waals surface area contributed by atoms with Gasteiger partial charge in [0.25, 0.3) is 0 Å². The molecule has 1 fully saturated rings. The van der Waals surface area contributed by atoms with Crippen molar-refractivity contribution in [1.82, 2.24) is 4.90 Å². The van der Waals surface area contributed by atoms with Gasteiger partial charge in [0.05, 0.1) is 18.2 Å². The molecule has 2 heterocycles. The third-order valence-electron chi connectivity index (χ3n) is 4.76. The van der Waals surface area contributed by atoms with Crippen LogP contribution in [0.5, 0.6) is 0 Å². The van der Waals surface area contributed by atoms with Gasteiger partial charge in [-0.1, -0.05) is 17.9 Å². The minimum Gasteiger partial charge on any atom is -0.453 e. The first-order valence-electron chi connectivity index (χ1n) is 9.26. The fourth-order valence-electron chi connectivity index (χ4n) is 3.49. The standard InChI is InChI=1S/C21H25N3O4/c1-15(25)27-10-6-5-9-21(13-22,14-23)16-11-17-7-8-18(12-16)24(17)19(26)28-20(2,3)4/h11,17-18H,7-10,12H2,1-4H3. The van der Waals surface area contributed by atoms with Gasteiger partial charge in [-0.15, -0.1) is 0 Å². The van der Waals surface area contributed by atoms with Crippen LogP contribution in [0.2, 0.25) is 0 Å². The van der Waals surface area contributed by atoms with E-state index in [0.717, 1.165) is 12.8 Å². The molecular weight excluding hydrogens is 358 g/mol. The maximum absolute atomic E-state index is 12.5. The summed E-state index contributed by atoms with van der Waals surface area (Å²) < 4.78 is 10.2. The van der Waals surface area contributed by atoms with Crippen molar-refractivity contribution in [2.24, 2.45) is 5.41 Å². The molecule has 7 nitrogen and oxygen atoms in total. The number of amides is 1.